The third kappa shape index (κ3) is 3.11. The lowest BCUT2D eigenvalue weighted by atomic mass is 9.98. The summed E-state index contributed by atoms with van der Waals surface area (Å²) in [7, 11) is 0. The summed E-state index contributed by atoms with van der Waals surface area (Å²) in [6.45, 7) is 0. The van der Waals surface area contributed by atoms with Gasteiger partial charge in [-0.25, -0.2) is 9.82 Å². The van der Waals surface area contributed by atoms with Crippen molar-refractivity contribution in [3.05, 3.63) is 66.8 Å². The Balaban J connectivity index is 2.58. The Morgan fingerprint density at radius 1 is 1.10 bits per heavy atom. The molecule has 2 aromatic rings. The molecular weight excluding hydrogens is 389 g/mol. The molecule has 0 radical (unpaired) electrons. The molecule has 2 nitrogen and oxygen atoms in total. The molecule has 0 aliphatic heterocycles. The highest BCUT2D eigenvalue weighted by atomic mass is 79.9. The minimum Gasteiger partial charge on any atom is -0.271 e. The average Bonchev–Trinajstić information content (AvgIpc) is 2.43. The fraction of sp³-hybridized carbons (Fsp3) is 0.0769. The van der Waals surface area contributed by atoms with Crippen molar-refractivity contribution in [1.29, 1.82) is 0 Å². The monoisotopic (exact) mass is 396 g/mol. The molecule has 0 aliphatic carbocycles. The highest BCUT2D eigenvalue weighted by Crippen LogP contribution is 2.35. The Morgan fingerprint density at radius 2 is 1.80 bits per heavy atom. The van der Waals surface area contributed by atoms with E-state index in [1.807, 2.05) is 0 Å². The van der Waals surface area contributed by atoms with Crippen LogP contribution in [0.1, 0.15) is 17.2 Å². The van der Waals surface area contributed by atoms with E-state index in [4.69, 9.17) is 40.6 Å². The lowest BCUT2D eigenvalue weighted by molar-refractivity contribution is 0.560. The summed E-state index contributed by atoms with van der Waals surface area (Å²) in [5.41, 5.74) is 3.38. The molecule has 7 heteroatoms. The van der Waals surface area contributed by atoms with Gasteiger partial charge in [-0.2, -0.15) is 0 Å². The molecule has 0 fully saturated rings. The van der Waals surface area contributed by atoms with Gasteiger partial charge in [0.2, 0.25) is 0 Å². The van der Waals surface area contributed by atoms with Crippen LogP contribution in [0.2, 0.25) is 15.1 Å². The number of rotatable bonds is 3. The van der Waals surface area contributed by atoms with Gasteiger partial charge < -0.3 is 0 Å². The van der Waals surface area contributed by atoms with E-state index in [2.05, 4.69) is 21.4 Å². The Kier molecular flexibility index (Phi) is 5.29. The van der Waals surface area contributed by atoms with Crippen LogP contribution in [0.25, 0.3) is 0 Å². The normalized spacial score (nSPS) is 12.5. The maximum Gasteiger partial charge on any atom is 0.148 e. The lowest BCUT2D eigenvalue weighted by Crippen LogP contribution is -2.29. The molecule has 2 aromatic carbocycles. The first-order chi connectivity index (χ1) is 9.45. The predicted octanol–water partition coefficient (Wildman–Crippen LogP) is 5.10. The summed E-state index contributed by atoms with van der Waals surface area (Å²) in [5.74, 6) is 4.97. The van der Waals surface area contributed by atoms with Crippen molar-refractivity contribution < 1.29 is 4.39 Å². The average molecular weight is 398 g/mol. The van der Waals surface area contributed by atoms with E-state index in [-0.39, 0.29) is 10.6 Å². The first kappa shape index (κ1) is 16.0. The van der Waals surface area contributed by atoms with Crippen LogP contribution in [-0.2, 0) is 0 Å². The van der Waals surface area contributed by atoms with Crippen LogP contribution >= 0.6 is 50.7 Å². The van der Waals surface area contributed by atoms with Crippen LogP contribution < -0.4 is 11.3 Å². The first-order valence-electron chi connectivity index (χ1n) is 5.50. The van der Waals surface area contributed by atoms with Gasteiger partial charge in [0.1, 0.15) is 5.82 Å². The molecular formula is C13H9BrCl3FN2. The standard InChI is InChI=1S/C13H9BrCl3FN2/c14-9-3-2-7(12(18)11(9)17)13(20-19)8-5-6(15)1-4-10(8)16/h1-5,13,20H,19H2. The zero-order chi connectivity index (χ0) is 14.9. The van der Waals surface area contributed by atoms with E-state index in [9.17, 15) is 4.39 Å². The number of benzene rings is 2. The molecule has 20 heavy (non-hydrogen) atoms. The van der Waals surface area contributed by atoms with Crippen LogP contribution in [0, 0.1) is 5.82 Å². The van der Waals surface area contributed by atoms with E-state index in [0.717, 1.165) is 0 Å². The van der Waals surface area contributed by atoms with Crippen LogP contribution in [0.3, 0.4) is 0 Å². The number of hydrazine groups is 1. The fourth-order valence-corrected chi connectivity index (χ4v) is 2.73. The number of halogens is 5. The second-order valence-corrected chi connectivity index (χ2v) is 6.11. The molecule has 0 bridgehead atoms. The molecule has 2 rings (SSSR count). The molecule has 0 spiro atoms. The van der Waals surface area contributed by atoms with Crippen molar-refractivity contribution in [2.24, 2.45) is 5.84 Å². The summed E-state index contributed by atoms with van der Waals surface area (Å²) in [5, 5.41) is 0.893. The van der Waals surface area contributed by atoms with E-state index in [1.165, 1.54) is 0 Å². The largest absolute Gasteiger partial charge is 0.271 e. The van der Waals surface area contributed by atoms with E-state index >= 15 is 0 Å². The molecule has 0 aromatic heterocycles. The number of nitrogens with two attached hydrogens (primary N) is 1. The molecule has 0 aliphatic rings. The molecule has 106 valence electrons. The van der Waals surface area contributed by atoms with Gasteiger partial charge in [0.25, 0.3) is 0 Å². The van der Waals surface area contributed by atoms with Gasteiger partial charge >= 0.3 is 0 Å². The van der Waals surface area contributed by atoms with Crippen molar-refractivity contribution in [1.82, 2.24) is 5.43 Å². The highest BCUT2D eigenvalue weighted by Gasteiger charge is 2.22. The van der Waals surface area contributed by atoms with Crippen molar-refractivity contribution in [2.45, 2.75) is 6.04 Å². The quantitative estimate of drug-likeness (QED) is 0.429. The van der Waals surface area contributed by atoms with Gasteiger partial charge in [-0.1, -0.05) is 40.9 Å². The van der Waals surface area contributed by atoms with Gasteiger partial charge in [-0.3, -0.25) is 5.84 Å². The lowest BCUT2D eigenvalue weighted by Gasteiger charge is -2.20. The van der Waals surface area contributed by atoms with Gasteiger partial charge in [0.15, 0.2) is 0 Å². The van der Waals surface area contributed by atoms with Crippen LogP contribution in [0.5, 0.6) is 0 Å². The number of hydrogen-bond donors (Lipinski definition) is 2. The smallest absolute Gasteiger partial charge is 0.148 e. The molecule has 0 saturated heterocycles. The van der Waals surface area contributed by atoms with Crippen LogP contribution in [-0.4, -0.2) is 0 Å². The Hall–Kier alpha value is -0.360. The van der Waals surface area contributed by atoms with Gasteiger partial charge in [-0.15, -0.1) is 0 Å². The maximum atomic E-state index is 14.3. The van der Waals surface area contributed by atoms with Gasteiger partial charge in [0, 0.05) is 20.1 Å². The minimum absolute atomic E-state index is 0.0131. The SMILES string of the molecule is NNC(c1cc(Cl)ccc1Cl)c1ccc(Br)c(Cl)c1F. The van der Waals surface area contributed by atoms with E-state index in [0.29, 0.717) is 20.1 Å². The van der Waals surface area contributed by atoms with E-state index < -0.39 is 11.9 Å². The minimum atomic E-state index is -0.660. The van der Waals surface area contributed by atoms with Crippen molar-refractivity contribution in [2.75, 3.05) is 0 Å². The summed E-state index contributed by atoms with van der Waals surface area (Å²) < 4.78 is 14.8. The summed E-state index contributed by atoms with van der Waals surface area (Å²) in [6.07, 6.45) is 0. The summed E-state index contributed by atoms with van der Waals surface area (Å²) in [6, 6.07) is 7.46. The topological polar surface area (TPSA) is 38.0 Å². The predicted molar refractivity (Wildman–Crippen MR) is 84.7 cm³/mol. The van der Waals surface area contributed by atoms with Crippen LogP contribution in [0.4, 0.5) is 4.39 Å². The Labute approximate surface area is 139 Å². The third-order valence-corrected chi connectivity index (χ3v) is 4.65. The highest BCUT2D eigenvalue weighted by molar-refractivity contribution is 9.10. The number of hydrogen-bond acceptors (Lipinski definition) is 2. The zero-order valence-electron chi connectivity index (χ0n) is 9.93. The zero-order valence-corrected chi connectivity index (χ0v) is 13.8. The molecule has 0 saturated carbocycles. The van der Waals surface area contributed by atoms with Crippen molar-refractivity contribution in [3.63, 3.8) is 0 Å². The third-order valence-electron chi connectivity index (χ3n) is 2.81. The maximum absolute atomic E-state index is 14.3. The molecule has 1 unspecified atom stereocenters. The molecule has 0 heterocycles. The van der Waals surface area contributed by atoms with Crippen molar-refractivity contribution >= 4 is 50.7 Å². The van der Waals surface area contributed by atoms with Crippen LogP contribution in [0.15, 0.2) is 34.8 Å². The Bertz CT molecular complexity index is 652. The number of nitrogens with one attached hydrogen (secondary N) is 1. The van der Waals surface area contributed by atoms with Crippen molar-refractivity contribution in [3.8, 4) is 0 Å². The summed E-state index contributed by atoms with van der Waals surface area (Å²) in [4.78, 5) is 0. The molecule has 3 N–H and O–H groups in total. The molecule has 0 amide bonds. The second kappa shape index (κ2) is 6.60. The fourth-order valence-electron chi connectivity index (χ4n) is 1.85. The second-order valence-electron chi connectivity index (χ2n) is 4.03. The van der Waals surface area contributed by atoms with Gasteiger partial charge in [0.05, 0.1) is 11.1 Å². The van der Waals surface area contributed by atoms with E-state index in [1.54, 1.807) is 30.3 Å². The summed E-state index contributed by atoms with van der Waals surface area (Å²) >= 11 is 21.1. The Morgan fingerprint density at radius 3 is 2.45 bits per heavy atom. The first-order valence-corrected chi connectivity index (χ1v) is 7.43. The van der Waals surface area contributed by atoms with Gasteiger partial charge in [-0.05, 0) is 45.8 Å². The molecule has 1 atom stereocenters.